The molecule has 2 N–H and O–H groups in total. The number of aromatic nitrogens is 1. The Hall–Kier alpha value is -2.04. The fourth-order valence-corrected chi connectivity index (χ4v) is 1.15. The predicted molar refractivity (Wildman–Crippen MR) is 48.6 cm³/mol. The maximum Gasteiger partial charge on any atom is 0.293 e. The number of ketones is 1. The van der Waals surface area contributed by atoms with E-state index in [2.05, 4.69) is 4.98 Å². The van der Waals surface area contributed by atoms with Crippen LogP contribution in [0.1, 0.15) is 17.4 Å². The number of oxazole rings is 1. The summed E-state index contributed by atoms with van der Waals surface area (Å²) in [5, 5.41) is 0. The number of hydrogen-bond donors (Lipinski definition) is 1. The first-order valence-corrected chi connectivity index (χ1v) is 3.99. The molecule has 0 radical (unpaired) electrons. The molecular weight excluding hydrogens is 184 g/mol. The van der Waals surface area contributed by atoms with Gasteiger partial charge in [0.1, 0.15) is 0 Å². The molecule has 0 aliphatic rings. The third-order valence-electron chi connectivity index (χ3n) is 1.72. The Balaban J connectivity index is 2.58. The van der Waals surface area contributed by atoms with Gasteiger partial charge in [-0.15, -0.1) is 0 Å². The van der Waals surface area contributed by atoms with Crippen molar-refractivity contribution in [3.8, 4) is 11.5 Å². The van der Waals surface area contributed by atoms with Gasteiger partial charge < -0.3 is 14.6 Å². The van der Waals surface area contributed by atoms with Gasteiger partial charge in [0, 0.05) is 6.92 Å². The fraction of sp³-hybridized carbons (Fsp3) is 0.111. The van der Waals surface area contributed by atoms with Crippen LogP contribution in [0.2, 0.25) is 0 Å². The van der Waals surface area contributed by atoms with Crippen molar-refractivity contribution in [2.45, 2.75) is 6.92 Å². The molecular formula is C9H8N2O3. The minimum absolute atomic E-state index is 0.0402. The van der Waals surface area contributed by atoms with Crippen molar-refractivity contribution < 1.29 is 13.6 Å². The number of nitrogens with two attached hydrogens (primary N) is 1. The molecule has 2 aromatic rings. The average molecular weight is 192 g/mol. The molecule has 0 bridgehead atoms. The van der Waals surface area contributed by atoms with Gasteiger partial charge in [0.25, 0.3) is 6.01 Å². The number of nitrogen functional groups attached to an aromatic ring is 1. The fourth-order valence-electron chi connectivity index (χ4n) is 1.15. The van der Waals surface area contributed by atoms with Gasteiger partial charge in [0.15, 0.2) is 17.2 Å². The summed E-state index contributed by atoms with van der Waals surface area (Å²) in [4.78, 5) is 14.9. The van der Waals surface area contributed by atoms with Crippen LogP contribution in [0.3, 0.4) is 0 Å². The number of Topliss-reactive ketones (excluding diaryl/α,β-unsaturated/α-hetero) is 1. The quantitative estimate of drug-likeness (QED) is 0.732. The third kappa shape index (κ3) is 1.28. The van der Waals surface area contributed by atoms with Crippen LogP contribution in [-0.2, 0) is 0 Å². The molecule has 0 amide bonds. The van der Waals surface area contributed by atoms with E-state index in [4.69, 9.17) is 14.6 Å². The van der Waals surface area contributed by atoms with Gasteiger partial charge in [0.05, 0.1) is 6.26 Å². The van der Waals surface area contributed by atoms with Crippen LogP contribution in [0, 0.1) is 0 Å². The van der Waals surface area contributed by atoms with Gasteiger partial charge in [-0.05, 0) is 12.1 Å². The Morgan fingerprint density at radius 3 is 2.93 bits per heavy atom. The Morgan fingerprint density at radius 1 is 1.57 bits per heavy atom. The van der Waals surface area contributed by atoms with E-state index >= 15 is 0 Å². The van der Waals surface area contributed by atoms with Crippen molar-refractivity contribution in [3.63, 3.8) is 0 Å². The maximum absolute atomic E-state index is 11.2. The first-order chi connectivity index (χ1) is 6.68. The molecule has 5 heteroatoms. The minimum atomic E-state index is -0.211. The lowest BCUT2D eigenvalue weighted by Crippen LogP contribution is -1.95. The smallest absolute Gasteiger partial charge is 0.293 e. The van der Waals surface area contributed by atoms with E-state index in [9.17, 15) is 4.79 Å². The highest BCUT2D eigenvalue weighted by Crippen LogP contribution is 2.26. The van der Waals surface area contributed by atoms with Crippen LogP contribution in [0.4, 0.5) is 6.01 Å². The van der Waals surface area contributed by atoms with E-state index < -0.39 is 0 Å². The summed E-state index contributed by atoms with van der Waals surface area (Å²) >= 11 is 0. The molecule has 0 saturated heterocycles. The maximum atomic E-state index is 11.2. The van der Waals surface area contributed by atoms with Crippen LogP contribution in [-0.4, -0.2) is 10.8 Å². The second-order valence-corrected chi connectivity index (χ2v) is 2.76. The molecule has 0 unspecified atom stereocenters. The lowest BCUT2D eigenvalue weighted by Gasteiger charge is -1.91. The standard InChI is InChI=1S/C9H8N2O3/c1-5(12)7-8(14-9(10)11-7)6-3-2-4-13-6/h2-4H,1H3,(H2,10,11). The molecule has 2 aromatic heterocycles. The van der Waals surface area contributed by atoms with E-state index in [0.717, 1.165) is 0 Å². The van der Waals surface area contributed by atoms with Crippen molar-refractivity contribution in [2.75, 3.05) is 5.73 Å². The molecule has 5 nitrogen and oxygen atoms in total. The molecule has 14 heavy (non-hydrogen) atoms. The molecule has 0 spiro atoms. The number of rotatable bonds is 2. The number of carbonyl (C=O) groups is 1. The van der Waals surface area contributed by atoms with Gasteiger partial charge in [-0.25, -0.2) is 0 Å². The molecule has 2 heterocycles. The van der Waals surface area contributed by atoms with E-state index in [-0.39, 0.29) is 23.3 Å². The SMILES string of the molecule is CC(=O)c1nc(N)oc1-c1ccco1. The first kappa shape index (κ1) is 8.55. The Morgan fingerprint density at radius 2 is 2.36 bits per heavy atom. The normalized spacial score (nSPS) is 10.4. The minimum Gasteiger partial charge on any atom is -0.461 e. The third-order valence-corrected chi connectivity index (χ3v) is 1.72. The summed E-state index contributed by atoms with van der Waals surface area (Å²) in [6.45, 7) is 1.39. The van der Waals surface area contributed by atoms with Gasteiger partial charge in [-0.3, -0.25) is 4.79 Å². The van der Waals surface area contributed by atoms with Crippen LogP contribution < -0.4 is 5.73 Å². The highest BCUT2D eigenvalue weighted by Gasteiger charge is 2.18. The first-order valence-electron chi connectivity index (χ1n) is 3.99. The zero-order valence-corrected chi connectivity index (χ0v) is 7.48. The Bertz CT molecular complexity index is 456. The number of carbonyl (C=O) groups excluding carboxylic acids is 1. The topological polar surface area (TPSA) is 82.3 Å². The van der Waals surface area contributed by atoms with Crippen LogP contribution in [0.15, 0.2) is 27.2 Å². The summed E-state index contributed by atoms with van der Waals surface area (Å²) < 4.78 is 10.2. The number of nitrogens with zero attached hydrogens (tertiary/aromatic N) is 1. The highest BCUT2D eigenvalue weighted by atomic mass is 16.4. The van der Waals surface area contributed by atoms with E-state index in [1.165, 1.54) is 13.2 Å². The molecule has 2 rings (SSSR count). The molecule has 72 valence electrons. The van der Waals surface area contributed by atoms with Gasteiger partial charge >= 0.3 is 0 Å². The Labute approximate surface area is 79.5 Å². The molecule has 0 fully saturated rings. The van der Waals surface area contributed by atoms with Gasteiger partial charge in [0.2, 0.25) is 5.76 Å². The van der Waals surface area contributed by atoms with Crippen molar-refractivity contribution in [3.05, 3.63) is 24.1 Å². The van der Waals surface area contributed by atoms with Crippen LogP contribution in [0.25, 0.3) is 11.5 Å². The van der Waals surface area contributed by atoms with E-state index in [0.29, 0.717) is 5.76 Å². The number of anilines is 1. The average Bonchev–Trinajstić information content (AvgIpc) is 2.70. The van der Waals surface area contributed by atoms with Gasteiger partial charge in [-0.1, -0.05) is 0 Å². The summed E-state index contributed by atoms with van der Waals surface area (Å²) in [6, 6.07) is 3.33. The van der Waals surface area contributed by atoms with Crippen LogP contribution in [0.5, 0.6) is 0 Å². The molecule has 0 aliphatic heterocycles. The second-order valence-electron chi connectivity index (χ2n) is 2.76. The van der Waals surface area contributed by atoms with Crippen molar-refractivity contribution >= 4 is 11.8 Å². The van der Waals surface area contributed by atoms with Crippen molar-refractivity contribution in [1.82, 2.24) is 4.98 Å². The molecule has 0 saturated carbocycles. The van der Waals surface area contributed by atoms with E-state index in [1.807, 2.05) is 0 Å². The molecule has 0 aromatic carbocycles. The van der Waals surface area contributed by atoms with Crippen molar-refractivity contribution in [2.24, 2.45) is 0 Å². The lowest BCUT2D eigenvalue weighted by molar-refractivity contribution is 0.101. The second kappa shape index (κ2) is 3.02. The predicted octanol–water partition coefficient (Wildman–Crippen LogP) is 1.72. The number of furan rings is 1. The Kier molecular flexibility index (Phi) is 1.85. The molecule has 0 aliphatic carbocycles. The summed E-state index contributed by atoms with van der Waals surface area (Å²) in [5.74, 6) is 0.510. The largest absolute Gasteiger partial charge is 0.461 e. The summed E-state index contributed by atoms with van der Waals surface area (Å²) in [7, 11) is 0. The molecule has 0 atom stereocenters. The number of hydrogen-bond acceptors (Lipinski definition) is 5. The summed E-state index contributed by atoms with van der Waals surface area (Å²) in [5.41, 5.74) is 5.54. The zero-order valence-electron chi connectivity index (χ0n) is 7.48. The monoisotopic (exact) mass is 192 g/mol. The van der Waals surface area contributed by atoms with Gasteiger partial charge in [-0.2, -0.15) is 4.98 Å². The van der Waals surface area contributed by atoms with Crippen molar-refractivity contribution in [1.29, 1.82) is 0 Å². The highest BCUT2D eigenvalue weighted by molar-refractivity contribution is 5.97. The van der Waals surface area contributed by atoms with E-state index in [1.54, 1.807) is 12.1 Å². The summed E-state index contributed by atoms with van der Waals surface area (Å²) in [6.07, 6.45) is 1.48. The lowest BCUT2D eigenvalue weighted by atomic mass is 10.2. The van der Waals surface area contributed by atoms with Crippen LogP contribution >= 0.6 is 0 Å². The zero-order chi connectivity index (χ0) is 10.1.